The van der Waals surface area contributed by atoms with E-state index in [0.29, 0.717) is 16.6 Å². The first kappa shape index (κ1) is 16.5. The van der Waals surface area contributed by atoms with Gasteiger partial charge in [0.1, 0.15) is 17.1 Å². The minimum Gasteiger partial charge on any atom is -0.493 e. The molecule has 4 rings (SSSR count). The lowest BCUT2D eigenvalue weighted by atomic mass is 9.93. The number of rotatable bonds is 5. The Hall–Kier alpha value is -3.00. The third-order valence-electron chi connectivity index (χ3n) is 4.22. The number of benzene rings is 1. The van der Waals surface area contributed by atoms with Gasteiger partial charge in [-0.25, -0.2) is 4.98 Å². The van der Waals surface area contributed by atoms with Crippen molar-refractivity contribution in [1.29, 1.82) is 0 Å². The maximum Gasteiger partial charge on any atom is 0.259 e. The molecule has 1 aliphatic heterocycles. The van der Waals surface area contributed by atoms with Crippen LogP contribution in [0.2, 0.25) is 0 Å². The summed E-state index contributed by atoms with van der Waals surface area (Å²) in [6, 6.07) is 11.7. The summed E-state index contributed by atoms with van der Waals surface area (Å²) in [6.45, 7) is 1.49. The molecule has 2 aromatic heterocycles. The normalized spacial score (nSPS) is 15.6. The lowest BCUT2D eigenvalue weighted by Gasteiger charge is -2.26. The van der Waals surface area contributed by atoms with E-state index in [9.17, 15) is 4.79 Å². The van der Waals surface area contributed by atoms with E-state index in [-0.39, 0.29) is 5.91 Å². The third kappa shape index (κ3) is 3.65. The number of anilines is 2. The van der Waals surface area contributed by atoms with E-state index < -0.39 is 0 Å². The Morgan fingerprint density at radius 3 is 3.00 bits per heavy atom. The number of aromatic nitrogens is 3. The first-order valence-electron chi connectivity index (χ1n) is 8.29. The highest BCUT2D eigenvalue weighted by Crippen LogP contribution is 2.33. The van der Waals surface area contributed by atoms with Crippen molar-refractivity contribution in [3.8, 4) is 5.75 Å². The van der Waals surface area contributed by atoms with Gasteiger partial charge in [-0.3, -0.25) is 10.1 Å². The maximum atomic E-state index is 12.1. The van der Waals surface area contributed by atoms with Crippen LogP contribution in [0.4, 0.5) is 10.9 Å². The zero-order valence-corrected chi connectivity index (χ0v) is 14.7. The Morgan fingerprint density at radius 2 is 2.19 bits per heavy atom. The molecule has 0 bridgehead atoms. The predicted molar refractivity (Wildman–Crippen MR) is 99.9 cm³/mol. The van der Waals surface area contributed by atoms with Crippen LogP contribution in [0, 0.1) is 0 Å². The molecule has 2 N–H and O–H groups in total. The summed E-state index contributed by atoms with van der Waals surface area (Å²) < 4.78 is 5.69. The number of hydrogen-bond donors (Lipinski definition) is 2. The Balaban J connectivity index is 1.37. The van der Waals surface area contributed by atoms with Gasteiger partial charge in [0, 0.05) is 18.7 Å². The molecule has 0 spiro atoms. The lowest BCUT2D eigenvalue weighted by Crippen LogP contribution is -2.21. The number of carbonyl (C=O) groups excluding carboxylic acids is 1. The maximum absolute atomic E-state index is 12.1. The van der Waals surface area contributed by atoms with Gasteiger partial charge in [0.15, 0.2) is 0 Å². The SMILES string of the molecule is O=C(Nc1nncs1)c1ccc(NCC2CCOc3ccccc32)nc1. The average Bonchev–Trinajstić information content (AvgIpc) is 3.19. The summed E-state index contributed by atoms with van der Waals surface area (Å²) in [5.74, 6) is 1.82. The summed E-state index contributed by atoms with van der Waals surface area (Å²) in [5, 5.41) is 14.0. The fourth-order valence-electron chi connectivity index (χ4n) is 2.89. The van der Waals surface area contributed by atoms with Crippen LogP contribution in [0.5, 0.6) is 5.75 Å². The highest BCUT2D eigenvalue weighted by Gasteiger charge is 2.20. The van der Waals surface area contributed by atoms with Gasteiger partial charge < -0.3 is 10.1 Å². The van der Waals surface area contributed by atoms with Crippen molar-refractivity contribution in [3.63, 3.8) is 0 Å². The standard InChI is InChI=1S/C18H17N5O2S/c24-17(22-18-23-21-11-26-18)13-5-6-16(20-10-13)19-9-12-7-8-25-15-4-2-1-3-14(12)15/h1-6,10-12H,7-9H2,(H,19,20)(H,22,23,24). The number of nitrogens with zero attached hydrogens (tertiary/aromatic N) is 3. The highest BCUT2D eigenvalue weighted by atomic mass is 32.1. The minimum absolute atomic E-state index is 0.251. The van der Waals surface area contributed by atoms with Gasteiger partial charge in [0.2, 0.25) is 5.13 Å². The smallest absolute Gasteiger partial charge is 0.259 e. The van der Waals surface area contributed by atoms with Gasteiger partial charge in [0.25, 0.3) is 5.91 Å². The molecule has 1 aromatic carbocycles. The molecule has 0 radical (unpaired) electrons. The average molecular weight is 367 g/mol. The molecular weight excluding hydrogens is 350 g/mol. The second-order valence-electron chi connectivity index (χ2n) is 5.88. The van der Waals surface area contributed by atoms with Crippen LogP contribution in [-0.4, -0.2) is 34.2 Å². The fraction of sp³-hybridized carbons (Fsp3) is 0.222. The monoisotopic (exact) mass is 367 g/mol. The second kappa shape index (κ2) is 7.49. The second-order valence-corrected chi connectivity index (χ2v) is 6.72. The Labute approximate surface area is 154 Å². The van der Waals surface area contributed by atoms with Crippen LogP contribution < -0.4 is 15.4 Å². The van der Waals surface area contributed by atoms with Gasteiger partial charge >= 0.3 is 0 Å². The molecule has 7 nitrogen and oxygen atoms in total. The molecule has 26 heavy (non-hydrogen) atoms. The molecule has 3 heterocycles. The summed E-state index contributed by atoms with van der Waals surface area (Å²) in [4.78, 5) is 16.5. The summed E-state index contributed by atoms with van der Waals surface area (Å²) >= 11 is 1.27. The minimum atomic E-state index is -0.251. The molecule has 1 amide bonds. The summed E-state index contributed by atoms with van der Waals surface area (Å²) in [6.07, 6.45) is 2.52. The number of para-hydroxylation sites is 1. The third-order valence-corrected chi connectivity index (χ3v) is 4.83. The number of ether oxygens (including phenoxy) is 1. The molecule has 3 aromatic rings. The van der Waals surface area contributed by atoms with Crippen molar-refractivity contribution in [1.82, 2.24) is 15.2 Å². The number of hydrogen-bond acceptors (Lipinski definition) is 7. The zero-order valence-electron chi connectivity index (χ0n) is 13.9. The Morgan fingerprint density at radius 1 is 1.27 bits per heavy atom. The number of pyridine rings is 1. The Kier molecular flexibility index (Phi) is 4.74. The first-order valence-corrected chi connectivity index (χ1v) is 9.17. The molecule has 0 fully saturated rings. The summed E-state index contributed by atoms with van der Waals surface area (Å²) in [5.41, 5.74) is 3.26. The van der Waals surface area contributed by atoms with E-state index in [1.54, 1.807) is 23.8 Å². The number of nitrogens with one attached hydrogen (secondary N) is 2. The first-order chi connectivity index (χ1) is 12.8. The largest absolute Gasteiger partial charge is 0.493 e. The van der Waals surface area contributed by atoms with Crippen molar-refractivity contribution < 1.29 is 9.53 Å². The molecule has 8 heteroatoms. The van der Waals surface area contributed by atoms with Crippen molar-refractivity contribution >= 4 is 28.2 Å². The van der Waals surface area contributed by atoms with E-state index in [0.717, 1.165) is 31.1 Å². The van der Waals surface area contributed by atoms with Crippen molar-refractivity contribution in [2.75, 3.05) is 23.8 Å². The molecule has 0 saturated heterocycles. The molecule has 132 valence electrons. The van der Waals surface area contributed by atoms with Crippen LogP contribution in [0.3, 0.4) is 0 Å². The molecule has 0 aliphatic carbocycles. The van der Waals surface area contributed by atoms with E-state index in [1.807, 2.05) is 18.2 Å². The molecule has 0 saturated carbocycles. The van der Waals surface area contributed by atoms with E-state index in [4.69, 9.17) is 4.74 Å². The Bertz CT molecular complexity index is 883. The van der Waals surface area contributed by atoms with Gasteiger partial charge in [-0.1, -0.05) is 29.5 Å². The topological polar surface area (TPSA) is 89.0 Å². The fourth-order valence-corrected chi connectivity index (χ4v) is 3.33. The zero-order chi connectivity index (χ0) is 17.8. The van der Waals surface area contributed by atoms with Crippen LogP contribution >= 0.6 is 11.3 Å². The summed E-state index contributed by atoms with van der Waals surface area (Å²) in [7, 11) is 0. The van der Waals surface area contributed by atoms with Crippen molar-refractivity contribution in [2.24, 2.45) is 0 Å². The van der Waals surface area contributed by atoms with Gasteiger partial charge in [-0.15, -0.1) is 10.2 Å². The lowest BCUT2D eigenvalue weighted by molar-refractivity contribution is 0.102. The number of carbonyl (C=O) groups is 1. The van der Waals surface area contributed by atoms with E-state index >= 15 is 0 Å². The van der Waals surface area contributed by atoms with Crippen LogP contribution in [0.1, 0.15) is 28.3 Å². The number of amides is 1. The van der Waals surface area contributed by atoms with E-state index in [2.05, 4.69) is 31.9 Å². The quantitative estimate of drug-likeness (QED) is 0.720. The molecular formula is C18H17N5O2S. The molecule has 1 aliphatic rings. The van der Waals surface area contributed by atoms with Gasteiger partial charge in [-0.2, -0.15) is 0 Å². The van der Waals surface area contributed by atoms with Crippen LogP contribution in [0.25, 0.3) is 0 Å². The van der Waals surface area contributed by atoms with Crippen molar-refractivity contribution in [2.45, 2.75) is 12.3 Å². The molecule has 1 atom stereocenters. The van der Waals surface area contributed by atoms with Crippen molar-refractivity contribution in [3.05, 3.63) is 59.2 Å². The predicted octanol–water partition coefficient (Wildman–Crippen LogP) is 3.16. The van der Waals surface area contributed by atoms with Crippen LogP contribution in [-0.2, 0) is 0 Å². The molecule has 1 unspecified atom stereocenters. The number of fused-ring (bicyclic) bond motifs is 1. The van der Waals surface area contributed by atoms with E-state index in [1.165, 1.54) is 16.9 Å². The van der Waals surface area contributed by atoms with Gasteiger partial charge in [0.05, 0.1) is 12.2 Å². The van der Waals surface area contributed by atoms with Gasteiger partial charge in [-0.05, 0) is 30.2 Å². The van der Waals surface area contributed by atoms with Crippen LogP contribution in [0.15, 0.2) is 48.1 Å². The highest BCUT2D eigenvalue weighted by molar-refractivity contribution is 7.13.